The summed E-state index contributed by atoms with van der Waals surface area (Å²) in [7, 11) is 0. The van der Waals surface area contributed by atoms with Gasteiger partial charge in [0.2, 0.25) is 0 Å². The van der Waals surface area contributed by atoms with E-state index in [1.54, 1.807) is 0 Å². The molecule has 4 aliphatic carbocycles. The minimum absolute atomic E-state index is 0.560. The molecular formula is C96H102N2. The van der Waals surface area contributed by atoms with Crippen LogP contribution in [0.5, 0.6) is 0 Å². The van der Waals surface area contributed by atoms with Gasteiger partial charge in [0.25, 0.3) is 0 Å². The summed E-state index contributed by atoms with van der Waals surface area (Å²) in [5, 5.41) is 2.43. The average molecular weight is 1280 g/mol. The van der Waals surface area contributed by atoms with Crippen molar-refractivity contribution in [3.63, 3.8) is 0 Å². The zero-order chi connectivity index (χ0) is 66.9. The van der Waals surface area contributed by atoms with Crippen LogP contribution in [0.4, 0.5) is 34.1 Å². The number of fused-ring (bicyclic) bond motifs is 1. The molecule has 4 fully saturated rings. The third-order valence-corrected chi connectivity index (χ3v) is 22.7. The molecule has 10 aromatic rings. The van der Waals surface area contributed by atoms with E-state index in [9.17, 15) is 0 Å². The predicted octanol–water partition coefficient (Wildman–Crippen LogP) is 28.1. The maximum atomic E-state index is 2.57. The van der Waals surface area contributed by atoms with E-state index in [2.05, 4.69) is 294 Å². The van der Waals surface area contributed by atoms with E-state index in [0.717, 1.165) is 22.7 Å². The number of hydrogen-bond acceptors (Lipinski definition) is 2. The monoisotopic (exact) mass is 1280 g/mol. The van der Waals surface area contributed by atoms with Crippen molar-refractivity contribution >= 4 is 91.5 Å². The summed E-state index contributed by atoms with van der Waals surface area (Å²) in [6, 6.07) is 84.5. The van der Waals surface area contributed by atoms with Gasteiger partial charge in [0.1, 0.15) is 0 Å². The lowest BCUT2D eigenvalue weighted by Gasteiger charge is -2.34. The van der Waals surface area contributed by atoms with Gasteiger partial charge in [0.05, 0.1) is 11.4 Å². The van der Waals surface area contributed by atoms with Crippen LogP contribution in [0, 0.1) is 65.2 Å². The summed E-state index contributed by atoms with van der Waals surface area (Å²) in [6.07, 6.45) is 35.8. The summed E-state index contributed by atoms with van der Waals surface area (Å²) in [4.78, 5) is 5.14. The van der Waals surface area contributed by atoms with Gasteiger partial charge in [0.15, 0.2) is 0 Å². The second-order valence-corrected chi connectivity index (χ2v) is 29.7. The average Bonchev–Trinajstić information content (AvgIpc) is 0.733. The molecule has 0 spiro atoms. The number of hydrogen-bond donors (Lipinski definition) is 0. The zero-order valence-corrected chi connectivity index (χ0v) is 59.4. The van der Waals surface area contributed by atoms with Crippen LogP contribution in [-0.4, -0.2) is 0 Å². The van der Waals surface area contributed by atoms with Crippen LogP contribution in [0.2, 0.25) is 0 Å². The number of benzene rings is 10. The van der Waals surface area contributed by atoms with Gasteiger partial charge in [-0.15, -0.1) is 0 Å². The highest BCUT2D eigenvalue weighted by Gasteiger charge is 2.29. The van der Waals surface area contributed by atoms with Gasteiger partial charge in [-0.3, -0.25) is 0 Å². The van der Waals surface area contributed by atoms with Gasteiger partial charge in [-0.1, -0.05) is 293 Å². The largest absolute Gasteiger partial charge is 0.310 e. The van der Waals surface area contributed by atoms with E-state index >= 15 is 0 Å². The van der Waals surface area contributed by atoms with Crippen LogP contribution in [0.3, 0.4) is 0 Å². The molecule has 0 aromatic heterocycles. The van der Waals surface area contributed by atoms with Crippen LogP contribution < -0.4 is 9.80 Å². The van der Waals surface area contributed by atoms with Crippen molar-refractivity contribution in [1.29, 1.82) is 0 Å². The van der Waals surface area contributed by atoms with Crippen molar-refractivity contribution in [2.24, 2.45) is 23.7 Å². The van der Waals surface area contributed by atoms with Crippen molar-refractivity contribution in [2.75, 3.05) is 9.80 Å². The lowest BCUT2D eigenvalue weighted by Crippen LogP contribution is -2.16. The van der Waals surface area contributed by atoms with Gasteiger partial charge in [-0.2, -0.15) is 0 Å². The molecule has 0 saturated heterocycles. The van der Waals surface area contributed by atoms with Gasteiger partial charge < -0.3 is 9.80 Å². The first-order valence-electron chi connectivity index (χ1n) is 37.7. The number of allylic oxidation sites excluding steroid dienone is 4. The molecule has 98 heavy (non-hydrogen) atoms. The van der Waals surface area contributed by atoms with Crippen LogP contribution in [0.15, 0.2) is 218 Å². The summed E-state index contributed by atoms with van der Waals surface area (Å²) >= 11 is 0. The highest BCUT2D eigenvalue weighted by Crippen LogP contribution is 2.51. The highest BCUT2D eigenvalue weighted by atomic mass is 15.2. The van der Waals surface area contributed by atoms with E-state index in [-0.39, 0.29) is 0 Å². The second kappa shape index (κ2) is 30.8. The van der Waals surface area contributed by atoms with E-state index in [1.165, 1.54) is 251 Å². The Morgan fingerprint density at radius 1 is 0.255 bits per heavy atom. The third-order valence-electron chi connectivity index (χ3n) is 22.7. The minimum Gasteiger partial charge on any atom is -0.310 e. The molecule has 0 amide bonds. The molecule has 4 saturated carbocycles. The van der Waals surface area contributed by atoms with Crippen LogP contribution in [-0.2, 0) is 0 Å². The Morgan fingerprint density at radius 2 is 0.520 bits per heavy atom. The van der Waals surface area contributed by atoms with Crippen LogP contribution >= 0.6 is 0 Å². The lowest BCUT2D eigenvalue weighted by molar-refractivity contribution is 0.430. The van der Waals surface area contributed by atoms with E-state index in [1.807, 2.05) is 0 Å². The number of nitrogens with zero attached hydrogens (tertiary/aromatic N) is 2. The van der Waals surface area contributed by atoms with Crippen molar-refractivity contribution in [1.82, 2.24) is 0 Å². The molecule has 0 aliphatic heterocycles. The Balaban J connectivity index is 0.918. The molecule has 0 atom stereocenters. The summed E-state index contributed by atoms with van der Waals surface area (Å²) < 4.78 is 0. The summed E-state index contributed by atoms with van der Waals surface area (Å²) in [6.45, 7) is 13.6. The first kappa shape index (κ1) is 66.3. The lowest BCUT2D eigenvalue weighted by atomic mass is 9.80. The molecule has 2 nitrogen and oxygen atoms in total. The SMILES string of the molecule is Cc1ccc(/C(=C\c2ccc(N(c3ccc(/C=C(\c4ccc(C)cc4)C4CCCCC4)cc3)c3c(C)c(C)c(N(c4ccc(/C=C(\c5ccc(C)cc5)C5CCCCC5)cc4)c4ccc(/C=C(\c5cccc(C)c5)C5CCCCC5)cc4)c4ccccc34)cc2)C2CCCCC2)cc1. The maximum absolute atomic E-state index is 2.57. The summed E-state index contributed by atoms with van der Waals surface area (Å²) in [5.74, 6) is 2.24. The van der Waals surface area contributed by atoms with E-state index in [4.69, 9.17) is 0 Å². The van der Waals surface area contributed by atoms with Crippen LogP contribution in [0.1, 0.15) is 206 Å². The van der Waals surface area contributed by atoms with Gasteiger partial charge in [0, 0.05) is 33.5 Å². The minimum atomic E-state index is 0.560. The molecule has 0 radical (unpaired) electrons. The number of rotatable bonds is 18. The fourth-order valence-electron chi connectivity index (χ4n) is 17.1. The fourth-order valence-corrected chi connectivity index (χ4v) is 17.1. The molecule has 2 heteroatoms. The highest BCUT2D eigenvalue weighted by molar-refractivity contribution is 6.10. The summed E-state index contributed by atoms with van der Waals surface area (Å²) in [5.41, 5.74) is 31.0. The second-order valence-electron chi connectivity index (χ2n) is 29.7. The van der Waals surface area contributed by atoms with E-state index < -0.39 is 0 Å². The smallest absolute Gasteiger partial charge is 0.0573 e. The van der Waals surface area contributed by atoms with E-state index in [0.29, 0.717) is 23.7 Å². The Labute approximate surface area is 587 Å². The molecule has 0 heterocycles. The molecule has 14 rings (SSSR count). The quantitative estimate of drug-likeness (QED) is 0.0790. The molecule has 0 N–H and O–H groups in total. The molecule has 4 aliphatic rings. The topological polar surface area (TPSA) is 6.48 Å². The first-order chi connectivity index (χ1) is 48.0. The van der Waals surface area contributed by atoms with Crippen molar-refractivity contribution < 1.29 is 0 Å². The molecular weight excluding hydrogens is 1180 g/mol. The normalized spacial score (nSPS) is 16.8. The molecule has 0 bridgehead atoms. The van der Waals surface area contributed by atoms with Crippen molar-refractivity contribution in [3.05, 3.63) is 296 Å². The maximum Gasteiger partial charge on any atom is 0.0573 e. The van der Waals surface area contributed by atoms with Crippen LogP contribution in [0.25, 0.3) is 57.4 Å². The molecule has 496 valence electrons. The number of anilines is 6. The predicted molar refractivity (Wildman–Crippen MR) is 425 cm³/mol. The van der Waals surface area contributed by atoms with Gasteiger partial charge in [-0.25, -0.2) is 0 Å². The zero-order valence-electron chi connectivity index (χ0n) is 59.4. The number of aryl methyl sites for hydroxylation is 4. The Morgan fingerprint density at radius 3 is 0.786 bits per heavy atom. The Hall–Kier alpha value is -8.98. The Kier molecular flexibility index (Phi) is 20.9. The van der Waals surface area contributed by atoms with Gasteiger partial charge >= 0.3 is 0 Å². The molecule has 0 unspecified atom stereocenters. The standard InChI is InChI=1S/C96H102N2/c1-67-34-48-81(49-35-67)91(77-23-11-7-12-24-77)63-73-40-54-85(55-41-73)97(86-56-42-74(43-57-86)64-92(78-25-13-8-14-26-78)82-50-36-68(2)37-51-82)95-71(5)72(6)96(90-33-20-19-32-89(90)95)98(87-58-44-75(45-59-87)65-93(79-27-15-9-16-28-79)83-52-38-69(3)39-53-83)88-60-46-76(47-61-88)66-94(80-29-17-10-18-30-80)84-31-21-22-70(4)62-84/h19-22,31-66,77-80H,7-18,23-30H2,1-6H3/b91-63-,92-64-,93-65-,94-66-. The first-order valence-corrected chi connectivity index (χ1v) is 37.7. The van der Waals surface area contributed by atoms with Crippen molar-refractivity contribution in [3.8, 4) is 0 Å². The van der Waals surface area contributed by atoms with Gasteiger partial charge in [-0.05, 0) is 243 Å². The third kappa shape index (κ3) is 15.2. The fraction of sp³-hybridized carbons (Fsp3) is 0.312. The molecule has 10 aromatic carbocycles. The Bertz CT molecular complexity index is 4330. The van der Waals surface area contributed by atoms with Crippen molar-refractivity contribution in [2.45, 2.75) is 170 Å².